The molecule has 1 saturated carbocycles. The summed E-state index contributed by atoms with van der Waals surface area (Å²) in [6.45, 7) is 2.83. The number of carbonyl (C=O) groups excluding carboxylic acids is 2. The van der Waals surface area contributed by atoms with Crippen molar-refractivity contribution in [2.45, 2.75) is 44.4 Å². The van der Waals surface area contributed by atoms with E-state index in [9.17, 15) is 22.8 Å². The Morgan fingerprint density at radius 3 is 2.51 bits per heavy atom. The number of ether oxygens (including phenoxy) is 2. The fraction of sp³-hybridized carbons (Fsp3) is 0.485. The van der Waals surface area contributed by atoms with Gasteiger partial charge in [0.2, 0.25) is 0 Å². The predicted octanol–water partition coefficient (Wildman–Crippen LogP) is 3.02. The van der Waals surface area contributed by atoms with E-state index in [0.717, 1.165) is 35.6 Å². The van der Waals surface area contributed by atoms with Crippen molar-refractivity contribution < 1.29 is 36.3 Å². The number of nitrogens with one attached hydrogen (secondary N) is 1. The van der Waals surface area contributed by atoms with E-state index >= 15 is 4.39 Å². The van der Waals surface area contributed by atoms with Gasteiger partial charge in [0.25, 0.3) is 11.8 Å². The average Bonchev–Trinajstić information content (AvgIpc) is 3.04. The zero-order chi connectivity index (χ0) is 35.2. The number of carbonyl (C=O) groups is 2. The van der Waals surface area contributed by atoms with Gasteiger partial charge < -0.3 is 23.7 Å². The number of hydrogen-bond acceptors (Lipinski definition) is 10. The summed E-state index contributed by atoms with van der Waals surface area (Å²) in [5.41, 5.74) is 0.643. The molecule has 1 N–H and O–H groups in total. The first-order valence-electron chi connectivity index (χ1n) is 16.0. The SMILES string of the molecule is COC[C@H]1CN(c2ccc3c4c(c(=O)oc3c2Cl)CN(C(=O)c2ccc(C(=O)NS(=O)(=O)N(C)C)c(OC3CCC3)c2F)CC4)CCN1C. The Hall–Kier alpha value is -3.76. The Bertz CT molecular complexity index is 1970. The summed E-state index contributed by atoms with van der Waals surface area (Å²) in [6.07, 6.45) is 2.00. The summed E-state index contributed by atoms with van der Waals surface area (Å²) in [5.74, 6) is -3.40. The lowest BCUT2D eigenvalue weighted by atomic mass is 9.95. The molecule has 1 aliphatic carbocycles. The Balaban J connectivity index is 1.28. The summed E-state index contributed by atoms with van der Waals surface area (Å²) in [4.78, 5) is 45.8. The number of fused-ring (bicyclic) bond motifs is 3. The number of rotatable bonds is 9. The second-order valence-electron chi connectivity index (χ2n) is 12.8. The van der Waals surface area contributed by atoms with Gasteiger partial charge in [0.05, 0.1) is 47.7 Å². The second kappa shape index (κ2) is 13.9. The lowest BCUT2D eigenvalue weighted by Gasteiger charge is -2.40. The molecule has 2 amide bonds. The number of anilines is 1. The van der Waals surface area contributed by atoms with Gasteiger partial charge in [-0.15, -0.1) is 0 Å². The largest absolute Gasteiger partial charge is 0.486 e. The van der Waals surface area contributed by atoms with Crippen molar-refractivity contribution in [2.75, 3.05) is 65.9 Å². The third kappa shape index (κ3) is 6.74. The molecule has 2 aliphatic heterocycles. The summed E-state index contributed by atoms with van der Waals surface area (Å²) in [7, 11) is 2.02. The van der Waals surface area contributed by atoms with Gasteiger partial charge in [-0.05, 0) is 62.6 Å². The molecule has 2 aromatic carbocycles. The number of piperazine rings is 1. The zero-order valence-corrected chi connectivity index (χ0v) is 29.3. The molecule has 2 fully saturated rings. The number of hydrogen-bond donors (Lipinski definition) is 1. The molecule has 0 radical (unpaired) electrons. The van der Waals surface area contributed by atoms with Gasteiger partial charge in [0, 0.05) is 52.8 Å². The van der Waals surface area contributed by atoms with E-state index in [-0.39, 0.29) is 47.5 Å². The molecule has 1 saturated heterocycles. The number of amides is 2. The van der Waals surface area contributed by atoms with Crippen LogP contribution in [0.25, 0.3) is 11.0 Å². The molecular formula is C33H39ClFN5O8S. The molecule has 0 bridgehead atoms. The quantitative estimate of drug-likeness (QED) is 0.328. The number of likely N-dealkylation sites (N-methyl/N-ethyl adjacent to an activating group) is 1. The molecule has 3 heterocycles. The first-order chi connectivity index (χ1) is 23.3. The van der Waals surface area contributed by atoms with Crippen LogP contribution < -0.4 is 20.0 Å². The maximum atomic E-state index is 16.1. The van der Waals surface area contributed by atoms with Crippen LogP contribution in [0.1, 0.15) is 51.1 Å². The van der Waals surface area contributed by atoms with Gasteiger partial charge in [-0.2, -0.15) is 12.7 Å². The molecule has 1 atom stereocenters. The van der Waals surface area contributed by atoms with E-state index in [4.69, 9.17) is 25.5 Å². The first-order valence-corrected chi connectivity index (χ1v) is 17.9. The fourth-order valence-electron chi connectivity index (χ4n) is 6.34. The van der Waals surface area contributed by atoms with Crippen LogP contribution >= 0.6 is 11.6 Å². The maximum absolute atomic E-state index is 16.1. The Labute approximate surface area is 288 Å². The molecular weight excluding hydrogens is 681 g/mol. The van der Waals surface area contributed by atoms with E-state index in [1.54, 1.807) is 7.11 Å². The number of benzene rings is 2. The Kier molecular flexibility index (Phi) is 9.93. The van der Waals surface area contributed by atoms with Gasteiger partial charge in [0.1, 0.15) is 5.02 Å². The smallest absolute Gasteiger partial charge is 0.341 e. The zero-order valence-electron chi connectivity index (χ0n) is 27.8. The van der Waals surface area contributed by atoms with Crippen LogP contribution in [0.15, 0.2) is 33.5 Å². The molecule has 3 aliphatic rings. The minimum atomic E-state index is -4.18. The highest BCUT2D eigenvalue weighted by atomic mass is 35.5. The van der Waals surface area contributed by atoms with Crippen molar-refractivity contribution in [2.24, 2.45) is 0 Å². The summed E-state index contributed by atoms with van der Waals surface area (Å²) >= 11 is 6.88. The van der Waals surface area contributed by atoms with Gasteiger partial charge >= 0.3 is 15.8 Å². The highest BCUT2D eigenvalue weighted by Crippen LogP contribution is 2.38. The molecule has 1 aromatic heterocycles. The van der Waals surface area contributed by atoms with Crippen molar-refractivity contribution in [3.05, 3.63) is 67.8 Å². The van der Waals surface area contributed by atoms with Gasteiger partial charge in [-0.1, -0.05) is 11.6 Å². The molecule has 13 nitrogen and oxygen atoms in total. The Morgan fingerprint density at radius 2 is 1.84 bits per heavy atom. The van der Waals surface area contributed by atoms with Gasteiger partial charge in [0.15, 0.2) is 17.1 Å². The van der Waals surface area contributed by atoms with Crippen LogP contribution in [-0.2, 0) is 27.9 Å². The highest BCUT2D eigenvalue weighted by Gasteiger charge is 2.34. The van der Waals surface area contributed by atoms with Crippen LogP contribution in [0.5, 0.6) is 5.75 Å². The van der Waals surface area contributed by atoms with E-state index in [1.165, 1.54) is 25.1 Å². The molecule has 264 valence electrons. The first kappa shape index (κ1) is 35.1. The van der Waals surface area contributed by atoms with Crippen LogP contribution in [0, 0.1) is 5.82 Å². The van der Waals surface area contributed by atoms with Crippen molar-refractivity contribution in [1.82, 2.24) is 18.8 Å². The Morgan fingerprint density at radius 1 is 1.10 bits per heavy atom. The summed E-state index contributed by atoms with van der Waals surface area (Å²) in [5, 5.41) is 1.00. The topological polar surface area (TPSA) is 142 Å². The van der Waals surface area contributed by atoms with Crippen molar-refractivity contribution in [3.8, 4) is 5.75 Å². The molecule has 16 heteroatoms. The van der Waals surface area contributed by atoms with E-state index in [2.05, 4.69) is 9.80 Å². The standard InChI is InChI=1S/C33H39ClFN5O8S/c1-37(2)49(44,45)36-31(41)24-9-8-23(28(35)30(24)47-20-6-5-7-20)32(42)40-13-12-21-22-10-11-26(27(34)29(22)48-33(43)25(21)17-40)39-15-14-38(3)19(16-39)18-46-4/h8-11,19-20H,5-7,12-18H2,1-4H3,(H,36,41)/t19-/m1/s1. The lowest BCUT2D eigenvalue weighted by Crippen LogP contribution is -2.53. The van der Waals surface area contributed by atoms with Crippen LogP contribution in [0.4, 0.5) is 10.1 Å². The van der Waals surface area contributed by atoms with E-state index in [0.29, 0.717) is 48.4 Å². The molecule has 0 spiro atoms. The van der Waals surface area contributed by atoms with Gasteiger partial charge in [-0.3, -0.25) is 14.5 Å². The third-order valence-electron chi connectivity index (χ3n) is 9.56. The monoisotopic (exact) mass is 719 g/mol. The molecule has 6 rings (SSSR count). The van der Waals surface area contributed by atoms with E-state index < -0.39 is 39.2 Å². The normalized spacial score (nSPS) is 18.8. The van der Waals surface area contributed by atoms with Crippen LogP contribution in [-0.4, -0.2) is 108 Å². The van der Waals surface area contributed by atoms with E-state index in [1.807, 2.05) is 23.9 Å². The van der Waals surface area contributed by atoms with Crippen molar-refractivity contribution in [1.29, 1.82) is 0 Å². The second-order valence-corrected chi connectivity index (χ2v) is 15.1. The average molecular weight is 720 g/mol. The molecule has 3 aromatic rings. The maximum Gasteiger partial charge on any atom is 0.341 e. The summed E-state index contributed by atoms with van der Waals surface area (Å²) < 4.78 is 60.3. The molecule has 49 heavy (non-hydrogen) atoms. The van der Waals surface area contributed by atoms with Crippen LogP contribution in [0.3, 0.4) is 0 Å². The predicted molar refractivity (Wildman–Crippen MR) is 181 cm³/mol. The number of nitrogens with zero attached hydrogens (tertiary/aromatic N) is 4. The minimum Gasteiger partial charge on any atom is -0.486 e. The highest BCUT2D eigenvalue weighted by molar-refractivity contribution is 7.87. The van der Waals surface area contributed by atoms with Crippen molar-refractivity contribution in [3.63, 3.8) is 0 Å². The number of halogens is 2. The summed E-state index contributed by atoms with van der Waals surface area (Å²) in [6, 6.07) is 6.25. The third-order valence-corrected chi connectivity index (χ3v) is 11.3. The lowest BCUT2D eigenvalue weighted by molar-refractivity contribution is 0.0721. The van der Waals surface area contributed by atoms with Gasteiger partial charge in [-0.25, -0.2) is 13.9 Å². The number of methoxy groups -OCH3 is 1. The fourth-order valence-corrected chi connectivity index (χ4v) is 7.19. The molecule has 0 unspecified atom stereocenters. The minimum absolute atomic E-state index is 0.134. The van der Waals surface area contributed by atoms with Crippen LogP contribution in [0.2, 0.25) is 5.02 Å². The van der Waals surface area contributed by atoms with Crippen molar-refractivity contribution >= 4 is 50.3 Å².